The molecule has 2 aromatic heterocycles. The second-order valence-electron chi connectivity index (χ2n) is 5.51. The molecule has 7 heteroatoms. The zero-order valence-corrected chi connectivity index (χ0v) is 14.2. The van der Waals surface area contributed by atoms with Crippen LogP contribution in [0, 0.1) is 13.6 Å². The van der Waals surface area contributed by atoms with Gasteiger partial charge >= 0.3 is 0 Å². The number of anilines is 2. The summed E-state index contributed by atoms with van der Waals surface area (Å²) in [4.78, 5) is 6.53. The molecule has 0 saturated heterocycles. The van der Waals surface area contributed by atoms with Crippen LogP contribution in [0.2, 0.25) is 0 Å². The highest BCUT2D eigenvalue weighted by Crippen LogP contribution is 2.33. The summed E-state index contributed by atoms with van der Waals surface area (Å²) in [5.74, 6) is 1.45. The Bertz CT molecular complexity index is 999. The van der Waals surface area contributed by atoms with Gasteiger partial charge in [0.05, 0.1) is 11.4 Å². The van der Waals surface area contributed by atoms with Crippen molar-refractivity contribution in [2.24, 2.45) is 0 Å². The molecule has 0 amide bonds. The third-order valence-corrected chi connectivity index (χ3v) is 5.64. The van der Waals surface area contributed by atoms with E-state index in [9.17, 15) is 8.42 Å². The molecule has 0 radical (unpaired) electrons. The van der Waals surface area contributed by atoms with Crippen molar-refractivity contribution in [2.45, 2.75) is 18.7 Å². The number of hydrogen-bond donors (Lipinski definition) is 1. The van der Waals surface area contributed by atoms with Gasteiger partial charge in [-0.25, -0.2) is 13.4 Å². The number of pyridine rings is 2. The monoisotopic (exact) mass is 331 g/mol. The van der Waals surface area contributed by atoms with Gasteiger partial charge < -0.3 is 10.2 Å². The van der Waals surface area contributed by atoms with Crippen molar-refractivity contribution >= 4 is 27.2 Å². The van der Waals surface area contributed by atoms with Gasteiger partial charge in [0, 0.05) is 19.3 Å². The van der Waals surface area contributed by atoms with Crippen LogP contribution < -0.4 is 19.8 Å². The molecule has 3 heterocycles. The highest BCUT2D eigenvalue weighted by Gasteiger charge is 2.29. The van der Waals surface area contributed by atoms with Crippen molar-refractivity contribution < 1.29 is 12.7 Å². The average Bonchev–Trinajstić information content (AvgIpc) is 2.83. The summed E-state index contributed by atoms with van der Waals surface area (Å²) in [7, 11) is -1.52. The molecule has 0 fully saturated rings. The van der Waals surface area contributed by atoms with Crippen LogP contribution in [0.5, 0.6) is 0 Å². The highest BCUT2D eigenvalue weighted by molar-refractivity contribution is 7.91. The van der Waals surface area contributed by atoms with Crippen LogP contribution in [0.25, 0.3) is 5.82 Å². The summed E-state index contributed by atoms with van der Waals surface area (Å²) < 4.78 is 26.5. The molecule has 1 N–H and O–H groups in total. The fraction of sp³-hybridized carbons (Fsp3) is 0.250. The van der Waals surface area contributed by atoms with Gasteiger partial charge in [0.15, 0.2) is 27.7 Å². The van der Waals surface area contributed by atoms with Crippen LogP contribution in [-0.4, -0.2) is 26.2 Å². The minimum absolute atomic E-state index is 0.0330. The van der Waals surface area contributed by atoms with Crippen LogP contribution in [0.15, 0.2) is 35.5 Å². The van der Waals surface area contributed by atoms with Crippen LogP contribution in [0.1, 0.15) is 12.5 Å². The Morgan fingerprint density at radius 3 is 2.87 bits per heavy atom. The van der Waals surface area contributed by atoms with E-state index < -0.39 is 9.84 Å². The third kappa shape index (κ3) is 2.46. The van der Waals surface area contributed by atoms with Gasteiger partial charge in [-0.15, -0.1) is 0 Å². The van der Waals surface area contributed by atoms with Gasteiger partial charge in [0.1, 0.15) is 11.6 Å². The fourth-order valence-corrected chi connectivity index (χ4v) is 3.75. The topological polar surface area (TPSA) is 68.2 Å². The lowest BCUT2D eigenvalue weighted by Gasteiger charge is -2.11. The quantitative estimate of drug-likeness (QED) is 0.822. The first-order valence-electron chi connectivity index (χ1n) is 7.28. The second kappa shape index (κ2) is 5.34. The van der Waals surface area contributed by atoms with E-state index in [1.165, 1.54) is 0 Å². The molecule has 0 aromatic carbocycles. The van der Waals surface area contributed by atoms with Gasteiger partial charge in [-0.1, -0.05) is 6.92 Å². The van der Waals surface area contributed by atoms with E-state index in [1.807, 2.05) is 24.9 Å². The molecule has 6 nitrogen and oxygen atoms in total. The first-order chi connectivity index (χ1) is 10.8. The maximum Gasteiger partial charge on any atom is 0.270 e. The molecule has 0 saturated carbocycles. The Kier molecular flexibility index (Phi) is 3.60. The Hall–Kier alpha value is -2.41. The maximum atomic E-state index is 12.4. The molecular formula is C16H19N4O2S+. The molecule has 0 aliphatic carbocycles. The van der Waals surface area contributed by atoms with Crippen molar-refractivity contribution in [3.63, 3.8) is 0 Å². The van der Waals surface area contributed by atoms with Crippen molar-refractivity contribution in [2.75, 3.05) is 23.0 Å². The Morgan fingerprint density at radius 2 is 2.17 bits per heavy atom. The van der Waals surface area contributed by atoms with Crippen LogP contribution in [0.3, 0.4) is 0 Å². The van der Waals surface area contributed by atoms with E-state index in [0.29, 0.717) is 11.2 Å². The summed E-state index contributed by atoms with van der Waals surface area (Å²) in [6.45, 7) is 7.53. The van der Waals surface area contributed by atoms with Gasteiger partial charge in [-0.05, 0) is 24.6 Å². The molecule has 1 aliphatic heterocycles. The number of fused-ring (bicyclic) bond motifs is 1. The Morgan fingerprint density at radius 1 is 1.43 bits per heavy atom. The summed E-state index contributed by atoms with van der Waals surface area (Å²) in [6.07, 6.45) is 3.51. The molecule has 0 spiro atoms. The zero-order chi connectivity index (χ0) is 16.8. The van der Waals surface area contributed by atoms with Crippen molar-refractivity contribution in [1.82, 2.24) is 4.98 Å². The van der Waals surface area contributed by atoms with Crippen LogP contribution in [0.4, 0.5) is 11.5 Å². The fourth-order valence-electron chi connectivity index (χ4n) is 2.65. The standard InChI is InChI=1S/C16H19N4O2S/c1-5-23(21,22)13-7-6-8-19(3)14(13)16-18-12-9-11(2)10-17-15(12)20(16)4/h6-10,18H,3,5H2,1-2,4H3/q+1. The van der Waals surface area contributed by atoms with E-state index in [1.54, 1.807) is 35.7 Å². The SMILES string of the molecule is C=[n+]1cccc(S(=O)(=O)CC)c1=C1Nc2cc(C)cnc2N1C. The summed E-state index contributed by atoms with van der Waals surface area (Å²) >= 11 is 0. The van der Waals surface area contributed by atoms with Crippen molar-refractivity contribution in [1.29, 1.82) is 0 Å². The molecular weight excluding hydrogens is 312 g/mol. The molecule has 2 aromatic rings. The van der Waals surface area contributed by atoms with Gasteiger partial charge in [0.2, 0.25) is 0 Å². The smallest absolute Gasteiger partial charge is 0.270 e. The molecule has 3 rings (SSSR count). The van der Waals surface area contributed by atoms with E-state index in [2.05, 4.69) is 17.0 Å². The summed E-state index contributed by atoms with van der Waals surface area (Å²) in [6, 6.07) is 5.28. The predicted molar refractivity (Wildman–Crippen MR) is 89.2 cm³/mol. The number of nitrogens with zero attached hydrogens (tertiary/aromatic N) is 3. The number of aromatic nitrogens is 2. The van der Waals surface area contributed by atoms with Crippen molar-refractivity contribution in [3.05, 3.63) is 48.2 Å². The summed E-state index contributed by atoms with van der Waals surface area (Å²) in [5, 5.41) is 3.79. The number of nitrogens with one attached hydrogen (secondary N) is 1. The number of sulfone groups is 1. The van der Waals surface area contributed by atoms with Gasteiger partial charge in [0.25, 0.3) is 5.35 Å². The lowest BCUT2D eigenvalue weighted by molar-refractivity contribution is -0.517. The van der Waals surface area contributed by atoms with Crippen LogP contribution in [-0.2, 0) is 9.84 Å². The molecule has 0 atom stereocenters. The van der Waals surface area contributed by atoms with Crippen molar-refractivity contribution in [3.8, 4) is 0 Å². The minimum atomic E-state index is -3.38. The average molecular weight is 331 g/mol. The normalized spacial score (nSPS) is 16.2. The number of aryl methyl sites for hydroxylation is 1. The molecule has 0 bridgehead atoms. The van der Waals surface area contributed by atoms with E-state index in [0.717, 1.165) is 17.1 Å². The maximum absolute atomic E-state index is 12.4. The molecule has 120 valence electrons. The zero-order valence-electron chi connectivity index (χ0n) is 13.4. The summed E-state index contributed by atoms with van der Waals surface area (Å²) in [5.41, 5.74) is 1.88. The number of hydrogen-bond acceptors (Lipinski definition) is 5. The van der Waals surface area contributed by atoms with E-state index >= 15 is 0 Å². The Labute approximate surface area is 135 Å². The lowest BCUT2D eigenvalue weighted by Crippen LogP contribution is -2.44. The largest absolute Gasteiger partial charge is 0.333 e. The molecule has 23 heavy (non-hydrogen) atoms. The molecule has 1 aliphatic rings. The van der Waals surface area contributed by atoms with E-state index in [4.69, 9.17) is 0 Å². The highest BCUT2D eigenvalue weighted by atomic mass is 32.2. The van der Waals surface area contributed by atoms with E-state index in [-0.39, 0.29) is 10.6 Å². The Balaban J connectivity index is 2.36. The predicted octanol–water partition coefficient (Wildman–Crippen LogP) is 0.738. The van der Waals surface area contributed by atoms with Gasteiger partial charge in [-0.3, -0.25) is 0 Å². The van der Waals surface area contributed by atoms with Crippen LogP contribution >= 0.6 is 0 Å². The number of rotatable bonds is 2. The lowest BCUT2D eigenvalue weighted by atomic mass is 10.3. The minimum Gasteiger partial charge on any atom is -0.333 e. The third-order valence-electron chi connectivity index (χ3n) is 3.88. The first kappa shape index (κ1) is 15.5. The molecule has 0 unspecified atom stereocenters. The van der Waals surface area contributed by atoms with Gasteiger partial charge in [-0.2, -0.15) is 4.24 Å². The first-order valence-corrected chi connectivity index (χ1v) is 8.93. The second-order valence-corrected chi connectivity index (χ2v) is 7.76.